The van der Waals surface area contributed by atoms with E-state index in [1.54, 1.807) is 19.1 Å². The quantitative estimate of drug-likeness (QED) is 0.799. The van der Waals surface area contributed by atoms with Crippen LogP contribution in [-0.4, -0.2) is 42.9 Å². The molecule has 3 rings (SSSR count). The molecule has 0 N–H and O–H groups in total. The Bertz CT molecular complexity index is 633. The first-order chi connectivity index (χ1) is 11.6. The summed E-state index contributed by atoms with van der Waals surface area (Å²) in [6, 6.07) is 8.43. The Morgan fingerprint density at radius 2 is 1.79 bits per heavy atom. The molecule has 2 fully saturated rings. The molecule has 1 aromatic rings. The molecule has 1 saturated carbocycles. The summed E-state index contributed by atoms with van der Waals surface area (Å²) in [5.74, 6) is 0.936. The number of hydrogen-bond acceptors (Lipinski definition) is 4. The molecular formula is C20H27N3O. The molecule has 1 aliphatic carbocycles. The van der Waals surface area contributed by atoms with Gasteiger partial charge >= 0.3 is 0 Å². The maximum atomic E-state index is 11.7. The summed E-state index contributed by atoms with van der Waals surface area (Å²) in [7, 11) is 0. The van der Waals surface area contributed by atoms with Gasteiger partial charge in [-0.15, -0.1) is 0 Å². The van der Waals surface area contributed by atoms with Crippen molar-refractivity contribution in [3.05, 3.63) is 29.3 Å². The van der Waals surface area contributed by atoms with Crippen molar-refractivity contribution >= 4 is 11.5 Å². The van der Waals surface area contributed by atoms with E-state index in [1.807, 2.05) is 6.07 Å². The number of anilines is 1. The van der Waals surface area contributed by atoms with E-state index in [-0.39, 0.29) is 5.78 Å². The number of benzene rings is 1. The maximum Gasteiger partial charge on any atom is 0.159 e. The number of nitriles is 1. The minimum atomic E-state index is 0.0516. The average molecular weight is 325 g/mol. The molecule has 1 aliphatic heterocycles. The van der Waals surface area contributed by atoms with Crippen LogP contribution < -0.4 is 4.90 Å². The minimum absolute atomic E-state index is 0.0516. The lowest BCUT2D eigenvalue weighted by Crippen LogP contribution is -2.51. The number of piperazine rings is 1. The van der Waals surface area contributed by atoms with Crippen LogP contribution in [0.5, 0.6) is 0 Å². The summed E-state index contributed by atoms with van der Waals surface area (Å²) in [5.41, 5.74) is 2.27. The lowest BCUT2D eigenvalue weighted by Gasteiger charge is -2.42. The van der Waals surface area contributed by atoms with Crippen LogP contribution in [0.4, 0.5) is 5.69 Å². The van der Waals surface area contributed by atoms with E-state index in [9.17, 15) is 10.1 Å². The molecule has 4 heteroatoms. The molecule has 4 nitrogen and oxygen atoms in total. The van der Waals surface area contributed by atoms with Crippen LogP contribution in [0.15, 0.2) is 18.2 Å². The third-order valence-corrected chi connectivity index (χ3v) is 5.68. The van der Waals surface area contributed by atoms with E-state index in [2.05, 4.69) is 22.8 Å². The van der Waals surface area contributed by atoms with Crippen LogP contribution in [-0.2, 0) is 0 Å². The molecule has 0 atom stereocenters. The minimum Gasteiger partial charge on any atom is -0.368 e. The van der Waals surface area contributed by atoms with Crippen molar-refractivity contribution in [2.45, 2.75) is 45.6 Å². The van der Waals surface area contributed by atoms with Gasteiger partial charge in [0, 0.05) is 37.8 Å². The lowest BCUT2D eigenvalue weighted by molar-refractivity contribution is 0.101. The highest BCUT2D eigenvalue weighted by Crippen LogP contribution is 2.29. The number of nitrogens with zero attached hydrogens (tertiary/aromatic N) is 3. The topological polar surface area (TPSA) is 47.3 Å². The fraction of sp³-hybridized carbons (Fsp3) is 0.600. The van der Waals surface area contributed by atoms with Gasteiger partial charge in [-0.2, -0.15) is 5.26 Å². The highest BCUT2D eigenvalue weighted by atomic mass is 16.1. The molecular weight excluding hydrogens is 298 g/mol. The van der Waals surface area contributed by atoms with E-state index in [1.165, 1.54) is 25.7 Å². The van der Waals surface area contributed by atoms with Gasteiger partial charge in [0.15, 0.2) is 5.78 Å². The molecule has 0 bridgehead atoms. The van der Waals surface area contributed by atoms with Crippen molar-refractivity contribution in [3.63, 3.8) is 0 Å². The van der Waals surface area contributed by atoms with Crippen LogP contribution in [0.2, 0.25) is 0 Å². The van der Waals surface area contributed by atoms with Crippen molar-refractivity contribution in [2.24, 2.45) is 5.92 Å². The Balaban J connectivity index is 1.67. The van der Waals surface area contributed by atoms with Crippen LogP contribution in [0.3, 0.4) is 0 Å². The number of rotatable bonds is 3. The van der Waals surface area contributed by atoms with E-state index in [4.69, 9.17) is 0 Å². The second-order valence-electron chi connectivity index (χ2n) is 7.34. The summed E-state index contributed by atoms with van der Waals surface area (Å²) in [6.45, 7) is 7.90. The van der Waals surface area contributed by atoms with Crippen LogP contribution in [0, 0.1) is 17.2 Å². The Kier molecular flexibility index (Phi) is 5.20. The predicted molar refractivity (Wildman–Crippen MR) is 96.4 cm³/mol. The van der Waals surface area contributed by atoms with Crippen molar-refractivity contribution in [1.82, 2.24) is 4.90 Å². The zero-order chi connectivity index (χ0) is 17.1. The Labute approximate surface area is 145 Å². The standard InChI is InChI=1S/C20H27N3O/c1-15-3-7-19(8-4-15)22-9-11-23(12-10-22)20-13-17(16(2)24)5-6-18(20)14-21/h5-6,13,15,19H,3-4,7-12H2,1-2H3. The molecule has 24 heavy (non-hydrogen) atoms. The first kappa shape index (κ1) is 17.0. The molecule has 0 unspecified atom stereocenters. The summed E-state index contributed by atoms with van der Waals surface area (Å²) < 4.78 is 0. The van der Waals surface area contributed by atoms with E-state index in [0.717, 1.165) is 43.8 Å². The van der Waals surface area contributed by atoms with E-state index >= 15 is 0 Å². The molecule has 0 aromatic heterocycles. The van der Waals surface area contributed by atoms with Gasteiger partial charge in [-0.3, -0.25) is 9.69 Å². The number of carbonyl (C=O) groups excluding carboxylic acids is 1. The van der Waals surface area contributed by atoms with Crippen molar-refractivity contribution < 1.29 is 4.79 Å². The molecule has 128 valence electrons. The van der Waals surface area contributed by atoms with E-state index < -0.39 is 0 Å². The van der Waals surface area contributed by atoms with Gasteiger partial charge in [0.1, 0.15) is 6.07 Å². The first-order valence-electron chi connectivity index (χ1n) is 9.12. The maximum absolute atomic E-state index is 11.7. The normalized spacial score (nSPS) is 25.3. The predicted octanol–water partition coefficient (Wildman–Crippen LogP) is 3.46. The summed E-state index contributed by atoms with van der Waals surface area (Å²) in [5, 5.41) is 9.39. The SMILES string of the molecule is CC(=O)c1ccc(C#N)c(N2CCN(C3CCC(C)CC3)CC2)c1. The number of carbonyl (C=O) groups is 1. The first-order valence-corrected chi connectivity index (χ1v) is 9.12. The summed E-state index contributed by atoms with van der Waals surface area (Å²) >= 11 is 0. The fourth-order valence-electron chi connectivity index (χ4n) is 4.04. The van der Waals surface area contributed by atoms with Gasteiger partial charge in [-0.05, 0) is 56.7 Å². The third kappa shape index (κ3) is 3.62. The van der Waals surface area contributed by atoms with Gasteiger partial charge < -0.3 is 4.90 Å². The monoisotopic (exact) mass is 325 g/mol. The largest absolute Gasteiger partial charge is 0.368 e. The number of hydrogen-bond donors (Lipinski definition) is 0. The molecule has 0 radical (unpaired) electrons. The average Bonchev–Trinajstić information content (AvgIpc) is 2.62. The summed E-state index contributed by atoms with van der Waals surface area (Å²) in [6.07, 6.45) is 5.35. The van der Waals surface area contributed by atoms with Crippen LogP contribution >= 0.6 is 0 Å². The fourth-order valence-corrected chi connectivity index (χ4v) is 4.04. The molecule has 1 heterocycles. The Morgan fingerprint density at radius 1 is 1.12 bits per heavy atom. The van der Waals surface area contributed by atoms with Crippen LogP contribution in [0.25, 0.3) is 0 Å². The van der Waals surface area contributed by atoms with Crippen LogP contribution in [0.1, 0.15) is 55.5 Å². The molecule has 0 spiro atoms. The molecule has 1 saturated heterocycles. The Morgan fingerprint density at radius 3 is 2.38 bits per heavy atom. The van der Waals surface area contributed by atoms with Gasteiger partial charge in [-0.25, -0.2) is 0 Å². The smallest absolute Gasteiger partial charge is 0.159 e. The highest BCUT2D eigenvalue weighted by Gasteiger charge is 2.27. The highest BCUT2D eigenvalue weighted by molar-refractivity contribution is 5.95. The van der Waals surface area contributed by atoms with Gasteiger partial charge in [0.05, 0.1) is 11.3 Å². The lowest BCUT2D eigenvalue weighted by atomic mass is 9.86. The zero-order valence-corrected chi connectivity index (χ0v) is 14.8. The van der Waals surface area contributed by atoms with Gasteiger partial charge in [0.25, 0.3) is 0 Å². The molecule has 0 amide bonds. The number of ketones is 1. The van der Waals surface area contributed by atoms with E-state index in [0.29, 0.717) is 11.1 Å². The second kappa shape index (κ2) is 7.36. The van der Waals surface area contributed by atoms with Crippen molar-refractivity contribution in [1.29, 1.82) is 5.26 Å². The summed E-state index contributed by atoms with van der Waals surface area (Å²) in [4.78, 5) is 16.6. The van der Waals surface area contributed by atoms with Gasteiger partial charge in [-0.1, -0.05) is 6.92 Å². The molecule has 2 aliphatic rings. The number of Topliss-reactive ketones (excluding diaryl/α,β-unsaturated/α-hetero) is 1. The van der Waals surface area contributed by atoms with Crippen molar-refractivity contribution in [3.8, 4) is 6.07 Å². The second-order valence-corrected chi connectivity index (χ2v) is 7.34. The third-order valence-electron chi connectivity index (χ3n) is 5.68. The molecule has 1 aromatic carbocycles. The van der Waals surface area contributed by atoms with Gasteiger partial charge in [0.2, 0.25) is 0 Å². The Hall–Kier alpha value is -1.86. The zero-order valence-electron chi connectivity index (χ0n) is 14.8. The van der Waals surface area contributed by atoms with Crippen molar-refractivity contribution in [2.75, 3.05) is 31.1 Å².